The molecule has 1 aromatic rings. The highest BCUT2D eigenvalue weighted by Gasteiger charge is 2.27. The van der Waals surface area contributed by atoms with Gasteiger partial charge in [0, 0.05) is 19.1 Å². The first kappa shape index (κ1) is 13.2. The van der Waals surface area contributed by atoms with Gasteiger partial charge in [-0.3, -0.25) is 0 Å². The summed E-state index contributed by atoms with van der Waals surface area (Å²) in [5.74, 6) is 0.694. The molecule has 2 unspecified atom stereocenters. The van der Waals surface area contributed by atoms with Crippen LogP contribution in [0.1, 0.15) is 25.3 Å². The second-order valence-electron chi connectivity index (χ2n) is 4.96. The van der Waals surface area contributed by atoms with E-state index in [2.05, 4.69) is 17.9 Å². The number of halogens is 1. The maximum absolute atomic E-state index is 9.25. The molecule has 0 amide bonds. The summed E-state index contributed by atoms with van der Waals surface area (Å²) in [6.45, 7) is 3.81. The van der Waals surface area contributed by atoms with Crippen LogP contribution in [0.15, 0.2) is 18.2 Å². The summed E-state index contributed by atoms with van der Waals surface area (Å²) in [7, 11) is 0. The molecule has 0 bridgehead atoms. The Hall–Kier alpha value is -1.24. The zero-order valence-electron chi connectivity index (χ0n) is 10.6. The molecular weight excluding hydrogens is 246 g/mol. The standard InChI is InChI=1S/C14H18ClN3/c1-10-5-6-18(11(7-10)8-16)14-4-2-3-13(15)12(14)9-17/h2-4,10-11H,5-8,16H2,1H3. The van der Waals surface area contributed by atoms with Gasteiger partial charge in [-0.2, -0.15) is 5.26 Å². The van der Waals surface area contributed by atoms with Gasteiger partial charge in [-0.05, 0) is 30.9 Å². The van der Waals surface area contributed by atoms with Crippen LogP contribution in [0.5, 0.6) is 0 Å². The lowest BCUT2D eigenvalue weighted by molar-refractivity contribution is 0.366. The minimum Gasteiger partial charge on any atom is -0.366 e. The van der Waals surface area contributed by atoms with Crippen LogP contribution < -0.4 is 10.6 Å². The summed E-state index contributed by atoms with van der Waals surface area (Å²) in [6.07, 6.45) is 2.21. The minimum absolute atomic E-state index is 0.305. The van der Waals surface area contributed by atoms with Crippen LogP contribution >= 0.6 is 11.6 Å². The summed E-state index contributed by atoms with van der Waals surface area (Å²) < 4.78 is 0. The van der Waals surface area contributed by atoms with Crippen LogP contribution in [0.4, 0.5) is 5.69 Å². The molecule has 0 aliphatic carbocycles. The first-order valence-corrected chi connectivity index (χ1v) is 6.70. The largest absolute Gasteiger partial charge is 0.366 e. The minimum atomic E-state index is 0.305. The molecule has 0 saturated carbocycles. The number of hydrogen-bond acceptors (Lipinski definition) is 3. The highest BCUT2D eigenvalue weighted by molar-refractivity contribution is 6.32. The van der Waals surface area contributed by atoms with Crippen LogP contribution in [0, 0.1) is 17.2 Å². The number of nitriles is 1. The molecule has 2 atom stereocenters. The van der Waals surface area contributed by atoms with E-state index in [0.29, 0.717) is 29.1 Å². The highest BCUT2D eigenvalue weighted by Crippen LogP contribution is 2.32. The van der Waals surface area contributed by atoms with Crippen LogP contribution in [0.25, 0.3) is 0 Å². The van der Waals surface area contributed by atoms with Crippen molar-refractivity contribution in [1.82, 2.24) is 0 Å². The number of piperidine rings is 1. The van der Waals surface area contributed by atoms with Crippen molar-refractivity contribution in [3.63, 3.8) is 0 Å². The lowest BCUT2D eigenvalue weighted by Gasteiger charge is -2.40. The number of nitrogens with zero attached hydrogens (tertiary/aromatic N) is 2. The zero-order valence-corrected chi connectivity index (χ0v) is 11.3. The first-order valence-electron chi connectivity index (χ1n) is 6.32. The van der Waals surface area contributed by atoms with E-state index in [1.54, 1.807) is 6.07 Å². The van der Waals surface area contributed by atoms with Crippen molar-refractivity contribution in [2.24, 2.45) is 11.7 Å². The smallest absolute Gasteiger partial charge is 0.103 e. The Balaban J connectivity index is 2.36. The summed E-state index contributed by atoms with van der Waals surface area (Å²) in [6, 6.07) is 8.12. The fraction of sp³-hybridized carbons (Fsp3) is 0.500. The van der Waals surface area contributed by atoms with Crippen LogP contribution in [0.2, 0.25) is 5.02 Å². The van der Waals surface area contributed by atoms with E-state index in [4.69, 9.17) is 17.3 Å². The van der Waals surface area contributed by atoms with E-state index in [1.165, 1.54) is 0 Å². The normalized spacial score (nSPS) is 23.8. The number of nitrogens with two attached hydrogens (primary N) is 1. The van der Waals surface area contributed by atoms with Crippen molar-refractivity contribution >= 4 is 17.3 Å². The predicted octanol–water partition coefficient (Wildman–Crippen LogP) is 2.78. The molecule has 1 aliphatic heterocycles. The molecule has 3 nitrogen and oxygen atoms in total. The molecule has 2 rings (SSSR count). The van der Waals surface area contributed by atoms with Gasteiger partial charge in [-0.25, -0.2) is 0 Å². The van der Waals surface area contributed by atoms with Crippen molar-refractivity contribution in [2.45, 2.75) is 25.8 Å². The maximum Gasteiger partial charge on any atom is 0.103 e. The molecule has 4 heteroatoms. The van der Waals surface area contributed by atoms with Gasteiger partial charge in [-0.1, -0.05) is 24.6 Å². The second-order valence-corrected chi connectivity index (χ2v) is 5.37. The Labute approximate surface area is 113 Å². The fourth-order valence-corrected chi connectivity index (χ4v) is 2.87. The topological polar surface area (TPSA) is 53.0 Å². The highest BCUT2D eigenvalue weighted by atomic mass is 35.5. The van der Waals surface area contributed by atoms with Gasteiger partial charge in [0.2, 0.25) is 0 Å². The average Bonchev–Trinajstić information content (AvgIpc) is 2.38. The van der Waals surface area contributed by atoms with Gasteiger partial charge in [0.05, 0.1) is 16.3 Å². The van der Waals surface area contributed by atoms with Crippen molar-refractivity contribution in [3.8, 4) is 6.07 Å². The third-order valence-corrected chi connectivity index (χ3v) is 3.98. The molecule has 0 radical (unpaired) electrons. The van der Waals surface area contributed by atoms with E-state index in [-0.39, 0.29) is 0 Å². The number of anilines is 1. The van der Waals surface area contributed by atoms with E-state index in [0.717, 1.165) is 25.1 Å². The molecular formula is C14H18ClN3. The summed E-state index contributed by atoms with van der Waals surface area (Å²) in [5.41, 5.74) is 7.35. The van der Waals surface area contributed by atoms with Gasteiger partial charge < -0.3 is 10.6 Å². The quantitative estimate of drug-likeness (QED) is 0.893. The molecule has 1 fully saturated rings. The molecule has 18 heavy (non-hydrogen) atoms. The van der Waals surface area contributed by atoms with E-state index < -0.39 is 0 Å². The van der Waals surface area contributed by atoms with Crippen LogP contribution in [0.3, 0.4) is 0 Å². The Morgan fingerprint density at radius 2 is 2.33 bits per heavy atom. The Morgan fingerprint density at radius 3 is 3.00 bits per heavy atom. The van der Waals surface area contributed by atoms with Gasteiger partial charge in [0.1, 0.15) is 6.07 Å². The molecule has 1 saturated heterocycles. The van der Waals surface area contributed by atoms with Crippen molar-refractivity contribution in [3.05, 3.63) is 28.8 Å². The zero-order chi connectivity index (χ0) is 13.1. The molecule has 2 N–H and O–H groups in total. The third kappa shape index (κ3) is 2.45. The molecule has 1 heterocycles. The number of hydrogen-bond donors (Lipinski definition) is 1. The van der Waals surface area contributed by atoms with Crippen LogP contribution in [-0.2, 0) is 0 Å². The van der Waals surface area contributed by atoms with E-state index in [9.17, 15) is 5.26 Å². The summed E-state index contributed by atoms with van der Waals surface area (Å²) >= 11 is 6.09. The van der Waals surface area contributed by atoms with Crippen molar-refractivity contribution in [2.75, 3.05) is 18.0 Å². The molecule has 0 aromatic heterocycles. The summed E-state index contributed by atoms with van der Waals surface area (Å²) in [5, 5.41) is 9.77. The second kappa shape index (κ2) is 5.60. The Bertz CT molecular complexity index is 467. The third-order valence-electron chi connectivity index (χ3n) is 3.66. The lowest BCUT2D eigenvalue weighted by atomic mass is 9.91. The van der Waals surface area contributed by atoms with Crippen molar-refractivity contribution in [1.29, 1.82) is 5.26 Å². The summed E-state index contributed by atoms with van der Waals surface area (Å²) in [4.78, 5) is 2.24. The van der Waals surface area contributed by atoms with Crippen LogP contribution in [-0.4, -0.2) is 19.1 Å². The average molecular weight is 264 g/mol. The van der Waals surface area contributed by atoms with E-state index >= 15 is 0 Å². The van der Waals surface area contributed by atoms with Gasteiger partial charge >= 0.3 is 0 Å². The van der Waals surface area contributed by atoms with Crippen molar-refractivity contribution < 1.29 is 0 Å². The van der Waals surface area contributed by atoms with E-state index in [1.807, 2.05) is 12.1 Å². The monoisotopic (exact) mass is 263 g/mol. The first-order chi connectivity index (χ1) is 8.67. The Kier molecular flexibility index (Phi) is 4.11. The molecule has 96 valence electrons. The lowest BCUT2D eigenvalue weighted by Crippen LogP contribution is -2.46. The SMILES string of the molecule is CC1CCN(c2cccc(Cl)c2C#N)C(CN)C1. The molecule has 1 aromatic carbocycles. The molecule has 0 spiro atoms. The van der Waals surface area contributed by atoms with Gasteiger partial charge in [0.15, 0.2) is 0 Å². The Morgan fingerprint density at radius 1 is 1.56 bits per heavy atom. The van der Waals surface area contributed by atoms with Gasteiger partial charge in [-0.15, -0.1) is 0 Å². The predicted molar refractivity (Wildman–Crippen MR) is 74.8 cm³/mol. The maximum atomic E-state index is 9.25. The van der Waals surface area contributed by atoms with Gasteiger partial charge in [0.25, 0.3) is 0 Å². The molecule has 1 aliphatic rings. The number of benzene rings is 1. The fourth-order valence-electron chi connectivity index (χ4n) is 2.65. The number of rotatable bonds is 2.